The lowest BCUT2D eigenvalue weighted by Crippen LogP contribution is -2.50. The highest BCUT2D eigenvalue weighted by molar-refractivity contribution is 6.32. The van der Waals surface area contributed by atoms with E-state index in [9.17, 15) is 4.79 Å². The van der Waals surface area contributed by atoms with Gasteiger partial charge in [0.15, 0.2) is 11.5 Å². The van der Waals surface area contributed by atoms with E-state index >= 15 is 0 Å². The lowest BCUT2D eigenvalue weighted by Gasteiger charge is -2.32. The molecule has 4 heterocycles. The number of ether oxygens (including phenoxy) is 2. The van der Waals surface area contributed by atoms with Crippen molar-refractivity contribution in [3.05, 3.63) is 34.5 Å². The van der Waals surface area contributed by atoms with Gasteiger partial charge in [-0.25, -0.2) is 0 Å². The van der Waals surface area contributed by atoms with E-state index in [0.717, 1.165) is 31.6 Å². The van der Waals surface area contributed by atoms with Crippen molar-refractivity contribution in [3.63, 3.8) is 0 Å². The van der Waals surface area contributed by atoms with Gasteiger partial charge in [0.25, 0.3) is 5.91 Å². The molecule has 1 saturated heterocycles. The first-order valence-electron chi connectivity index (χ1n) is 11.0. The molecule has 3 aliphatic heterocycles. The Labute approximate surface area is 192 Å². The minimum atomic E-state index is -0.0773. The molecule has 5 rings (SSSR count). The first-order valence-corrected chi connectivity index (χ1v) is 11.4. The summed E-state index contributed by atoms with van der Waals surface area (Å²) in [4.78, 5) is 26.8. The number of hydrogen-bond acceptors (Lipinski definition) is 7. The molecular weight excluding hydrogens is 432 g/mol. The van der Waals surface area contributed by atoms with Crippen LogP contribution in [0.1, 0.15) is 35.8 Å². The highest BCUT2D eigenvalue weighted by atomic mass is 35.5. The molecular formula is C22H27ClN6O3. The number of methoxy groups -OCH3 is 1. The Kier molecular flexibility index (Phi) is 5.69. The number of anilines is 2. The van der Waals surface area contributed by atoms with Crippen LogP contribution in [0.25, 0.3) is 0 Å². The topological polar surface area (TPSA) is 84.2 Å². The molecule has 2 aromatic rings. The van der Waals surface area contributed by atoms with Crippen molar-refractivity contribution in [1.29, 1.82) is 0 Å². The van der Waals surface area contributed by atoms with Crippen LogP contribution in [-0.2, 0) is 11.3 Å². The van der Waals surface area contributed by atoms with Crippen LogP contribution in [0.2, 0.25) is 5.02 Å². The normalized spacial score (nSPS) is 18.5. The van der Waals surface area contributed by atoms with Gasteiger partial charge in [-0.05, 0) is 37.5 Å². The molecule has 0 atom stereocenters. The molecule has 170 valence electrons. The van der Waals surface area contributed by atoms with Gasteiger partial charge in [-0.15, -0.1) is 0 Å². The van der Waals surface area contributed by atoms with E-state index < -0.39 is 0 Å². The summed E-state index contributed by atoms with van der Waals surface area (Å²) in [5, 5.41) is 4.11. The lowest BCUT2D eigenvalue weighted by atomic mass is 10.1. The van der Waals surface area contributed by atoms with E-state index in [0.29, 0.717) is 60.4 Å². The molecule has 0 radical (unpaired) electrons. The number of amides is 1. The number of hydrogen-bond donors (Lipinski definition) is 1. The van der Waals surface area contributed by atoms with Crippen molar-refractivity contribution in [2.75, 3.05) is 50.2 Å². The van der Waals surface area contributed by atoms with Crippen LogP contribution in [0.4, 0.5) is 11.8 Å². The van der Waals surface area contributed by atoms with E-state index in [2.05, 4.69) is 10.3 Å². The van der Waals surface area contributed by atoms with Crippen LogP contribution in [0.5, 0.6) is 5.75 Å². The van der Waals surface area contributed by atoms with Gasteiger partial charge in [0.05, 0.1) is 25.2 Å². The summed E-state index contributed by atoms with van der Waals surface area (Å²) >= 11 is 6.38. The van der Waals surface area contributed by atoms with E-state index in [1.807, 2.05) is 34.6 Å². The maximum atomic E-state index is 13.5. The van der Waals surface area contributed by atoms with Gasteiger partial charge in [0.2, 0.25) is 11.9 Å². The molecule has 3 aliphatic rings. The Morgan fingerprint density at radius 3 is 2.84 bits per heavy atom. The monoisotopic (exact) mass is 458 g/mol. The number of guanidine groups is 1. The van der Waals surface area contributed by atoms with Crippen molar-refractivity contribution < 1.29 is 14.3 Å². The fourth-order valence-corrected chi connectivity index (χ4v) is 4.77. The van der Waals surface area contributed by atoms with Crippen LogP contribution in [0.15, 0.2) is 23.2 Å². The number of aromatic nitrogens is 2. The maximum absolute atomic E-state index is 13.5. The standard InChI is InChI=1S/C22H27ClN6O3/c1-3-27-20(30)18-19(28-9-8-24-22(27)28)26-21(25-15-6-10-32-11-7-15)29(18)13-14-4-5-17(31-2)16(23)12-14/h4-5,12,15H,3,6-11,13H2,1-2H3,(H,25,26). The molecule has 0 saturated carbocycles. The zero-order chi connectivity index (χ0) is 22.2. The number of fused-ring (bicyclic) bond motifs is 3. The second-order valence-electron chi connectivity index (χ2n) is 8.08. The van der Waals surface area contributed by atoms with Crippen LogP contribution in [-0.4, -0.2) is 72.3 Å². The SMILES string of the molecule is CCN1C(=O)c2c(nc(NC3CCOCC3)n2Cc2ccc(OC)c(Cl)c2)N2CCN=C12. The molecule has 1 N–H and O–H groups in total. The minimum absolute atomic E-state index is 0.0773. The van der Waals surface area contributed by atoms with Gasteiger partial charge >= 0.3 is 0 Å². The Morgan fingerprint density at radius 1 is 1.31 bits per heavy atom. The summed E-state index contributed by atoms with van der Waals surface area (Å²) in [6, 6.07) is 5.93. The van der Waals surface area contributed by atoms with Gasteiger partial charge in [0.1, 0.15) is 5.75 Å². The highest BCUT2D eigenvalue weighted by Crippen LogP contribution is 2.34. The number of nitrogens with zero attached hydrogens (tertiary/aromatic N) is 5. The summed E-state index contributed by atoms with van der Waals surface area (Å²) in [6.45, 7) is 5.79. The molecule has 1 aromatic heterocycles. The molecule has 1 fully saturated rings. The average Bonchev–Trinajstić information content (AvgIpc) is 3.41. The molecule has 0 aliphatic carbocycles. The number of aliphatic imine (C=N–C) groups is 1. The van der Waals surface area contributed by atoms with E-state index in [1.54, 1.807) is 12.0 Å². The smallest absolute Gasteiger partial charge is 0.281 e. The van der Waals surface area contributed by atoms with Gasteiger partial charge < -0.3 is 14.8 Å². The zero-order valence-electron chi connectivity index (χ0n) is 18.3. The van der Waals surface area contributed by atoms with E-state index in [1.165, 1.54) is 0 Å². The van der Waals surface area contributed by atoms with Gasteiger partial charge in [0, 0.05) is 32.3 Å². The molecule has 1 aromatic carbocycles. The van der Waals surface area contributed by atoms with Crippen molar-refractivity contribution in [1.82, 2.24) is 14.5 Å². The number of benzene rings is 1. The van der Waals surface area contributed by atoms with Crippen molar-refractivity contribution >= 4 is 35.2 Å². The van der Waals surface area contributed by atoms with Crippen LogP contribution >= 0.6 is 11.6 Å². The fourth-order valence-electron chi connectivity index (χ4n) is 4.49. The average molecular weight is 459 g/mol. The van der Waals surface area contributed by atoms with Gasteiger partial charge in [-0.1, -0.05) is 17.7 Å². The third-order valence-electron chi connectivity index (χ3n) is 6.14. The summed E-state index contributed by atoms with van der Waals surface area (Å²) in [6.07, 6.45) is 1.80. The lowest BCUT2D eigenvalue weighted by molar-refractivity contribution is 0.0835. The third-order valence-corrected chi connectivity index (χ3v) is 6.44. The Hall–Kier alpha value is -2.78. The second kappa shape index (κ2) is 8.63. The number of nitrogens with one attached hydrogen (secondary N) is 1. The van der Waals surface area contributed by atoms with Crippen LogP contribution in [0, 0.1) is 0 Å². The zero-order valence-corrected chi connectivity index (χ0v) is 19.1. The highest BCUT2D eigenvalue weighted by Gasteiger charge is 2.41. The molecule has 9 nitrogen and oxygen atoms in total. The minimum Gasteiger partial charge on any atom is -0.495 e. The molecule has 32 heavy (non-hydrogen) atoms. The molecule has 0 unspecified atom stereocenters. The fraction of sp³-hybridized carbons (Fsp3) is 0.500. The number of rotatable bonds is 6. The molecule has 1 amide bonds. The first kappa shape index (κ1) is 21.1. The Bertz CT molecular complexity index is 1060. The quantitative estimate of drug-likeness (QED) is 0.716. The summed E-state index contributed by atoms with van der Waals surface area (Å²) in [5.74, 6) is 2.59. The number of carbonyl (C=O) groups is 1. The third kappa shape index (κ3) is 3.59. The maximum Gasteiger partial charge on any atom is 0.281 e. The van der Waals surface area contributed by atoms with Crippen molar-refractivity contribution in [2.45, 2.75) is 32.4 Å². The number of carbonyl (C=O) groups excluding carboxylic acids is 1. The summed E-state index contributed by atoms with van der Waals surface area (Å²) < 4.78 is 12.8. The Balaban J connectivity index is 1.58. The summed E-state index contributed by atoms with van der Waals surface area (Å²) in [7, 11) is 1.59. The predicted octanol–water partition coefficient (Wildman–Crippen LogP) is 2.84. The van der Waals surface area contributed by atoms with Crippen molar-refractivity contribution in [3.8, 4) is 5.75 Å². The predicted molar refractivity (Wildman–Crippen MR) is 123 cm³/mol. The van der Waals surface area contributed by atoms with Crippen molar-refractivity contribution in [2.24, 2.45) is 4.99 Å². The second-order valence-corrected chi connectivity index (χ2v) is 8.48. The van der Waals surface area contributed by atoms with Gasteiger partial charge in [-0.2, -0.15) is 4.98 Å². The van der Waals surface area contributed by atoms with E-state index in [4.69, 9.17) is 26.1 Å². The van der Waals surface area contributed by atoms with Gasteiger partial charge in [-0.3, -0.25) is 24.2 Å². The molecule has 0 bridgehead atoms. The first-order chi connectivity index (χ1) is 15.6. The van der Waals surface area contributed by atoms with Crippen LogP contribution in [0.3, 0.4) is 0 Å². The summed E-state index contributed by atoms with van der Waals surface area (Å²) in [5.41, 5.74) is 1.54. The largest absolute Gasteiger partial charge is 0.495 e. The van der Waals surface area contributed by atoms with Crippen LogP contribution < -0.4 is 15.0 Å². The number of imidazole rings is 1. The molecule has 10 heteroatoms. The molecule has 0 spiro atoms. The Morgan fingerprint density at radius 2 is 2.12 bits per heavy atom. The number of halogens is 1. The van der Waals surface area contributed by atoms with E-state index in [-0.39, 0.29) is 11.9 Å².